The lowest BCUT2D eigenvalue weighted by Gasteiger charge is -2.17. The molecule has 0 radical (unpaired) electrons. The van der Waals surface area contributed by atoms with Crippen molar-refractivity contribution in [2.45, 2.75) is 27.7 Å². The van der Waals surface area contributed by atoms with E-state index >= 15 is 0 Å². The highest BCUT2D eigenvalue weighted by Gasteiger charge is 2.10. The molecule has 2 aromatic rings. The monoisotopic (exact) mass is 398 g/mol. The summed E-state index contributed by atoms with van der Waals surface area (Å²) in [6, 6.07) is 12.4. The molecule has 0 aliphatic rings. The van der Waals surface area contributed by atoms with Gasteiger partial charge in [0.15, 0.2) is 6.61 Å². The third kappa shape index (κ3) is 7.23. The van der Waals surface area contributed by atoms with Crippen LogP contribution in [0.2, 0.25) is 0 Å². The number of benzene rings is 2. The van der Waals surface area contributed by atoms with Crippen LogP contribution in [0.4, 0.5) is 5.69 Å². The molecule has 0 saturated heterocycles. The van der Waals surface area contributed by atoms with Crippen molar-refractivity contribution in [1.29, 1.82) is 0 Å². The summed E-state index contributed by atoms with van der Waals surface area (Å²) >= 11 is 0. The van der Waals surface area contributed by atoms with Gasteiger partial charge in [-0.05, 0) is 62.8 Å². The van der Waals surface area contributed by atoms with Gasteiger partial charge < -0.3 is 19.7 Å². The number of hydrogen-bond acceptors (Lipinski definition) is 5. The van der Waals surface area contributed by atoms with Crippen molar-refractivity contribution in [2.24, 2.45) is 0 Å². The van der Waals surface area contributed by atoms with E-state index in [4.69, 9.17) is 9.47 Å². The third-order valence-corrected chi connectivity index (χ3v) is 4.63. The molecule has 1 amide bonds. The Morgan fingerprint density at radius 2 is 1.69 bits per heavy atom. The number of anilines is 1. The van der Waals surface area contributed by atoms with Crippen LogP contribution in [0.1, 0.15) is 35.3 Å². The van der Waals surface area contributed by atoms with E-state index in [1.807, 2.05) is 32.0 Å². The Balaban J connectivity index is 1.80. The van der Waals surface area contributed by atoms with Gasteiger partial charge in [-0.2, -0.15) is 0 Å². The van der Waals surface area contributed by atoms with Gasteiger partial charge in [-0.25, -0.2) is 4.79 Å². The van der Waals surface area contributed by atoms with E-state index in [1.165, 1.54) is 0 Å². The molecule has 0 bridgehead atoms. The van der Waals surface area contributed by atoms with Gasteiger partial charge in [0.25, 0.3) is 5.91 Å². The summed E-state index contributed by atoms with van der Waals surface area (Å²) in [6.45, 7) is 10.9. The first kappa shape index (κ1) is 22.4. The Labute approximate surface area is 172 Å². The molecule has 29 heavy (non-hydrogen) atoms. The Kier molecular flexibility index (Phi) is 8.68. The van der Waals surface area contributed by atoms with Crippen LogP contribution in [0.25, 0.3) is 0 Å². The lowest BCUT2D eigenvalue weighted by Crippen LogP contribution is -2.27. The number of carbonyl (C=O) groups is 2. The third-order valence-electron chi connectivity index (χ3n) is 4.63. The molecular formula is C23H30N2O4. The molecule has 0 unspecified atom stereocenters. The second-order valence-electron chi connectivity index (χ2n) is 6.85. The molecule has 6 nitrogen and oxygen atoms in total. The van der Waals surface area contributed by atoms with E-state index < -0.39 is 0 Å². The van der Waals surface area contributed by atoms with Crippen molar-refractivity contribution >= 4 is 17.6 Å². The van der Waals surface area contributed by atoms with Gasteiger partial charge in [0.2, 0.25) is 0 Å². The zero-order valence-corrected chi connectivity index (χ0v) is 17.7. The van der Waals surface area contributed by atoms with Crippen molar-refractivity contribution in [3.05, 3.63) is 59.2 Å². The average Bonchev–Trinajstić information content (AvgIpc) is 2.71. The van der Waals surface area contributed by atoms with Crippen molar-refractivity contribution in [2.75, 3.05) is 38.2 Å². The minimum atomic E-state index is -0.367. The first-order valence-electron chi connectivity index (χ1n) is 9.92. The second kappa shape index (κ2) is 11.2. The summed E-state index contributed by atoms with van der Waals surface area (Å²) in [4.78, 5) is 26.4. The lowest BCUT2D eigenvalue weighted by atomic mass is 10.1. The highest BCUT2D eigenvalue weighted by atomic mass is 16.5. The first-order chi connectivity index (χ1) is 13.9. The van der Waals surface area contributed by atoms with E-state index in [0.29, 0.717) is 30.2 Å². The van der Waals surface area contributed by atoms with E-state index in [9.17, 15) is 9.59 Å². The van der Waals surface area contributed by atoms with Gasteiger partial charge in [0.05, 0.1) is 5.56 Å². The molecule has 2 rings (SSSR count). The molecule has 0 heterocycles. The fraction of sp³-hybridized carbons (Fsp3) is 0.391. The first-order valence-corrected chi connectivity index (χ1v) is 9.92. The summed E-state index contributed by atoms with van der Waals surface area (Å²) < 4.78 is 10.9. The standard InChI is InChI=1S/C23H30N2O4/c1-5-25(6-2)13-14-28-23(27)19-8-10-20(11-9-19)24-22(26)16-29-21-12-7-17(3)15-18(21)4/h7-12,15H,5-6,13-14,16H2,1-4H3,(H,24,26). The largest absolute Gasteiger partial charge is 0.483 e. The van der Waals surface area contributed by atoms with E-state index in [1.54, 1.807) is 24.3 Å². The number of nitrogens with zero attached hydrogens (tertiary/aromatic N) is 1. The summed E-state index contributed by atoms with van der Waals surface area (Å²) in [7, 11) is 0. The zero-order chi connectivity index (χ0) is 21.2. The number of amides is 1. The molecule has 2 aromatic carbocycles. The molecule has 156 valence electrons. The van der Waals surface area contributed by atoms with Gasteiger partial charge in [-0.15, -0.1) is 0 Å². The number of ether oxygens (including phenoxy) is 2. The van der Waals surface area contributed by atoms with Crippen LogP contribution in [0.15, 0.2) is 42.5 Å². The maximum Gasteiger partial charge on any atom is 0.338 e. The Hall–Kier alpha value is -2.86. The molecule has 0 aliphatic carbocycles. The van der Waals surface area contributed by atoms with Gasteiger partial charge in [-0.3, -0.25) is 4.79 Å². The summed E-state index contributed by atoms with van der Waals surface area (Å²) in [5.41, 5.74) is 3.18. The van der Waals surface area contributed by atoms with Crippen LogP contribution in [-0.4, -0.2) is 49.6 Å². The number of nitrogens with one attached hydrogen (secondary N) is 1. The summed E-state index contributed by atoms with van der Waals surface area (Å²) in [5, 5.41) is 2.76. The molecule has 1 N–H and O–H groups in total. The van der Waals surface area contributed by atoms with Crippen LogP contribution in [0, 0.1) is 13.8 Å². The molecule has 0 aromatic heterocycles. The van der Waals surface area contributed by atoms with E-state index in [0.717, 1.165) is 24.2 Å². The number of aryl methyl sites for hydroxylation is 2. The maximum absolute atomic E-state index is 12.1. The van der Waals surface area contributed by atoms with Gasteiger partial charge in [0, 0.05) is 12.2 Å². The molecule has 0 aliphatic heterocycles. The number of hydrogen-bond donors (Lipinski definition) is 1. The van der Waals surface area contributed by atoms with Crippen LogP contribution >= 0.6 is 0 Å². The van der Waals surface area contributed by atoms with E-state index in [-0.39, 0.29) is 18.5 Å². The smallest absolute Gasteiger partial charge is 0.338 e. The number of carbonyl (C=O) groups excluding carboxylic acids is 2. The van der Waals surface area contributed by atoms with Crippen LogP contribution in [0.3, 0.4) is 0 Å². The molecule has 0 spiro atoms. The normalized spacial score (nSPS) is 10.7. The number of rotatable bonds is 10. The summed E-state index contributed by atoms with van der Waals surface area (Å²) in [6.07, 6.45) is 0. The minimum Gasteiger partial charge on any atom is -0.483 e. The molecule has 0 fully saturated rings. The minimum absolute atomic E-state index is 0.0843. The van der Waals surface area contributed by atoms with Gasteiger partial charge in [-0.1, -0.05) is 31.5 Å². The van der Waals surface area contributed by atoms with Crippen LogP contribution < -0.4 is 10.1 Å². The van der Waals surface area contributed by atoms with Crippen LogP contribution in [0.5, 0.6) is 5.75 Å². The second-order valence-corrected chi connectivity index (χ2v) is 6.85. The quantitative estimate of drug-likeness (QED) is 0.616. The number of esters is 1. The van der Waals surface area contributed by atoms with Crippen molar-refractivity contribution in [3.8, 4) is 5.75 Å². The van der Waals surface area contributed by atoms with Gasteiger partial charge >= 0.3 is 5.97 Å². The van der Waals surface area contributed by atoms with E-state index in [2.05, 4.69) is 24.1 Å². The highest BCUT2D eigenvalue weighted by molar-refractivity contribution is 5.93. The lowest BCUT2D eigenvalue weighted by molar-refractivity contribution is -0.118. The Bertz CT molecular complexity index is 814. The highest BCUT2D eigenvalue weighted by Crippen LogP contribution is 2.18. The van der Waals surface area contributed by atoms with Crippen LogP contribution in [-0.2, 0) is 9.53 Å². The molecule has 0 saturated carbocycles. The van der Waals surface area contributed by atoms with Gasteiger partial charge in [0.1, 0.15) is 12.4 Å². The molecule has 0 atom stereocenters. The van der Waals surface area contributed by atoms with Crippen molar-refractivity contribution in [3.63, 3.8) is 0 Å². The Morgan fingerprint density at radius 1 is 1.00 bits per heavy atom. The average molecular weight is 399 g/mol. The Morgan fingerprint density at radius 3 is 2.31 bits per heavy atom. The zero-order valence-electron chi connectivity index (χ0n) is 17.7. The predicted octanol–water partition coefficient (Wildman–Crippen LogP) is 3.82. The maximum atomic E-state index is 12.1. The summed E-state index contributed by atoms with van der Waals surface area (Å²) in [5.74, 6) is 0.0568. The molecular weight excluding hydrogens is 368 g/mol. The fourth-order valence-corrected chi connectivity index (χ4v) is 2.88. The number of likely N-dealkylation sites (N-methyl/N-ethyl adjacent to an activating group) is 1. The predicted molar refractivity (Wildman–Crippen MR) is 115 cm³/mol. The van der Waals surface area contributed by atoms with Crippen molar-refractivity contribution in [1.82, 2.24) is 4.90 Å². The fourth-order valence-electron chi connectivity index (χ4n) is 2.88. The SMILES string of the molecule is CCN(CC)CCOC(=O)c1ccc(NC(=O)COc2ccc(C)cc2C)cc1. The molecule has 6 heteroatoms. The topological polar surface area (TPSA) is 67.9 Å². The van der Waals surface area contributed by atoms with Crippen molar-refractivity contribution < 1.29 is 19.1 Å².